The van der Waals surface area contributed by atoms with Gasteiger partial charge in [-0.1, -0.05) is 35.5 Å². The molecule has 0 spiro atoms. The molecule has 152 valence electrons. The zero-order valence-electron chi connectivity index (χ0n) is 16.3. The molecule has 0 aliphatic carbocycles. The van der Waals surface area contributed by atoms with Gasteiger partial charge in [0, 0.05) is 22.5 Å². The summed E-state index contributed by atoms with van der Waals surface area (Å²) in [6.45, 7) is 3.73. The van der Waals surface area contributed by atoms with Crippen LogP contribution in [0.3, 0.4) is 0 Å². The van der Waals surface area contributed by atoms with Crippen molar-refractivity contribution in [3.05, 3.63) is 45.3 Å². The molecule has 2 heterocycles. The lowest BCUT2D eigenvalue weighted by molar-refractivity contribution is -0.113. The van der Waals surface area contributed by atoms with Gasteiger partial charge in [-0.3, -0.25) is 4.79 Å². The number of carbonyl (C=O) groups excluding carboxylic acids is 2. The van der Waals surface area contributed by atoms with Gasteiger partial charge < -0.3 is 14.6 Å². The number of thiophene rings is 1. The number of aryl methyl sites for hydroxylation is 1. The SMILES string of the molecule is COC(=O)c1c(NC(=O)CSc2nnc(-c3cccc(Cl)c3)n2C)sc(C)c1C. The fraction of sp³-hybridized carbons (Fsp3) is 0.263. The van der Waals surface area contributed by atoms with E-state index in [4.69, 9.17) is 16.3 Å². The van der Waals surface area contributed by atoms with Crippen molar-refractivity contribution in [2.24, 2.45) is 7.05 Å². The third kappa shape index (κ3) is 4.63. The fourth-order valence-corrected chi connectivity index (χ4v) is 4.64. The lowest BCUT2D eigenvalue weighted by atomic mass is 10.1. The number of methoxy groups -OCH3 is 1. The number of aromatic nitrogens is 3. The van der Waals surface area contributed by atoms with E-state index in [9.17, 15) is 9.59 Å². The summed E-state index contributed by atoms with van der Waals surface area (Å²) in [7, 11) is 3.15. The minimum Gasteiger partial charge on any atom is -0.465 e. The summed E-state index contributed by atoms with van der Waals surface area (Å²) in [5, 5.41) is 12.9. The molecule has 0 aliphatic heterocycles. The third-order valence-corrected chi connectivity index (χ3v) is 6.66. The first-order chi connectivity index (χ1) is 13.8. The van der Waals surface area contributed by atoms with Crippen molar-refractivity contribution in [2.45, 2.75) is 19.0 Å². The summed E-state index contributed by atoms with van der Waals surface area (Å²) < 4.78 is 6.64. The number of benzene rings is 1. The van der Waals surface area contributed by atoms with Gasteiger partial charge in [0.25, 0.3) is 0 Å². The molecule has 0 fully saturated rings. The third-order valence-electron chi connectivity index (χ3n) is 4.28. The monoisotopic (exact) mass is 450 g/mol. The minimum absolute atomic E-state index is 0.123. The lowest BCUT2D eigenvalue weighted by Crippen LogP contribution is -2.16. The highest BCUT2D eigenvalue weighted by Gasteiger charge is 2.22. The summed E-state index contributed by atoms with van der Waals surface area (Å²) in [5.74, 6) is 0.0776. The molecule has 10 heteroatoms. The highest BCUT2D eigenvalue weighted by atomic mass is 35.5. The number of rotatable bonds is 6. The highest BCUT2D eigenvalue weighted by molar-refractivity contribution is 7.99. The van der Waals surface area contributed by atoms with E-state index >= 15 is 0 Å². The Morgan fingerprint density at radius 1 is 1.31 bits per heavy atom. The number of nitrogens with one attached hydrogen (secondary N) is 1. The maximum absolute atomic E-state index is 12.4. The second-order valence-electron chi connectivity index (χ2n) is 6.19. The van der Waals surface area contributed by atoms with Crippen LogP contribution < -0.4 is 5.32 Å². The fourth-order valence-electron chi connectivity index (χ4n) is 2.68. The Balaban J connectivity index is 1.70. The van der Waals surface area contributed by atoms with E-state index in [0.29, 0.717) is 26.6 Å². The van der Waals surface area contributed by atoms with Crippen LogP contribution in [0, 0.1) is 13.8 Å². The van der Waals surface area contributed by atoms with E-state index in [1.165, 1.54) is 30.2 Å². The summed E-state index contributed by atoms with van der Waals surface area (Å²) in [5.41, 5.74) is 2.05. The molecule has 0 unspecified atom stereocenters. The number of carbonyl (C=O) groups is 2. The van der Waals surface area contributed by atoms with Crippen LogP contribution in [0.5, 0.6) is 0 Å². The normalized spacial score (nSPS) is 10.8. The Morgan fingerprint density at radius 2 is 2.07 bits per heavy atom. The largest absolute Gasteiger partial charge is 0.465 e. The van der Waals surface area contributed by atoms with Crippen LogP contribution in [0.15, 0.2) is 29.4 Å². The Morgan fingerprint density at radius 3 is 2.76 bits per heavy atom. The number of anilines is 1. The summed E-state index contributed by atoms with van der Waals surface area (Å²) in [6, 6.07) is 7.34. The molecule has 3 rings (SSSR count). The standard InChI is InChI=1S/C19H19ClN4O3S2/c1-10-11(2)29-17(15(10)18(26)27-4)21-14(25)9-28-19-23-22-16(24(19)3)12-6-5-7-13(20)8-12/h5-8H,9H2,1-4H3,(H,21,25). The molecule has 1 aromatic carbocycles. The first-order valence-electron chi connectivity index (χ1n) is 8.58. The Hall–Kier alpha value is -2.36. The van der Waals surface area contributed by atoms with Crippen LogP contribution in [0.1, 0.15) is 20.8 Å². The Kier molecular flexibility index (Phi) is 6.61. The van der Waals surface area contributed by atoms with Crippen LogP contribution in [0.2, 0.25) is 5.02 Å². The number of ether oxygens (including phenoxy) is 1. The molecule has 2 aromatic heterocycles. The van der Waals surface area contributed by atoms with E-state index in [-0.39, 0.29) is 11.7 Å². The van der Waals surface area contributed by atoms with E-state index < -0.39 is 5.97 Å². The lowest BCUT2D eigenvalue weighted by Gasteiger charge is -2.06. The molecule has 0 radical (unpaired) electrons. The van der Waals surface area contributed by atoms with Gasteiger partial charge in [0.15, 0.2) is 11.0 Å². The van der Waals surface area contributed by atoms with Crippen molar-refractivity contribution in [2.75, 3.05) is 18.2 Å². The average molecular weight is 451 g/mol. The number of hydrogen-bond acceptors (Lipinski definition) is 7. The van der Waals surface area contributed by atoms with Gasteiger partial charge in [0.05, 0.1) is 18.4 Å². The smallest absolute Gasteiger partial charge is 0.341 e. The van der Waals surface area contributed by atoms with E-state index in [1.54, 1.807) is 6.07 Å². The average Bonchev–Trinajstić information content (AvgIpc) is 3.19. The van der Waals surface area contributed by atoms with E-state index in [2.05, 4.69) is 15.5 Å². The van der Waals surface area contributed by atoms with Crippen molar-refractivity contribution in [3.8, 4) is 11.4 Å². The molecule has 29 heavy (non-hydrogen) atoms. The second-order valence-corrected chi connectivity index (χ2v) is 8.80. The number of thioether (sulfide) groups is 1. The molecule has 0 atom stereocenters. The zero-order valence-corrected chi connectivity index (χ0v) is 18.7. The van der Waals surface area contributed by atoms with Crippen molar-refractivity contribution >= 4 is 51.6 Å². The molecular formula is C19H19ClN4O3S2. The number of hydrogen-bond donors (Lipinski definition) is 1. The van der Waals surface area contributed by atoms with Gasteiger partial charge in [-0.15, -0.1) is 21.5 Å². The maximum Gasteiger partial charge on any atom is 0.341 e. The highest BCUT2D eigenvalue weighted by Crippen LogP contribution is 2.33. The predicted molar refractivity (Wildman–Crippen MR) is 116 cm³/mol. The summed E-state index contributed by atoms with van der Waals surface area (Å²) in [6.07, 6.45) is 0. The van der Waals surface area contributed by atoms with Gasteiger partial charge in [-0.05, 0) is 31.5 Å². The van der Waals surface area contributed by atoms with Crippen molar-refractivity contribution in [3.63, 3.8) is 0 Å². The molecule has 0 saturated carbocycles. The topological polar surface area (TPSA) is 86.1 Å². The van der Waals surface area contributed by atoms with Gasteiger partial charge in [0.1, 0.15) is 5.00 Å². The van der Waals surface area contributed by atoms with Crippen molar-refractivity contribution in [1.82, 2.24) is 14.8 Å². The van der Waals surface area contributed by atoms with Gasteiger partial charge >= 0.3 is 5.97 Å². The number of amides is 1. The zero-order chi connectivity index (χ0) is 21.1. The number of nitrogens with zero attached hydrogens (tertiary/aromatic N) is 3. The van der Waals surface area contributed by atoms with Crippen LogP contribution >= 0.6 is 34.7 Å². The number of halogens is 1. The van der Waals surface area contributed by atoms with Gasteiger partial charge in [-0.2, -0.15) is 0 Å². The van der Waals surface area contributed by atoms with E-state index in [1.807, 2.05) is 43.7 Å². The molecule has 1 N–H and O–H groups in total. The van der Waals surface area contributed by atoms with E-state index in [0.717, 1.165) is 16.0 Å². The van der Waals surface area contributed by atoms with Gasteiger partial charge in [-0.25, -0.2) is 4.79 Å². The van der Waals surface area contributed by atoms with Crippen LogP contribution in [0.25, 0.3) is 11.4 Å². The Bertz CT molecular complexity index is 1080. The number of esters is 1. The van der Waals surface area contributed by atoms with Crippen LogP contribution in [-0.2, 0) is 16.6 Å². The molecule has 3 aromatic rings. The maximum atomic E-state index is 12.4. The first kappa shape index (κ1) is 21.4. The van der Waals surface area contributed by atoms with Gasteiger partial charge in [0.2, 0.25) is 5.91 Å². The van der Waals surface area contributed by atoms with Crippen LogP contribution in [0.4, 0.5) is 5.00 Å². The van der Waals surface area contributed by atoms with Crippen molar-refractivity contribution in [1.29, 1.82) is 0 Å². The molecule has 0 bridgehead atoms. The quantitative estimate of drug-likeness (QED) is 0.444. The molecule has 7 nitrogen and oxygen atoms in total. The van der Waals surface area contributed by atoms with Crippen LogP contribution in [-0.4, -0.2) is 39.5 Å². The Labute approximate surface area is 181 Å². The molecule has 0 aliphatic rings. The summed E-state index contributed by atoms with van der Waals surface area (Å²) in [4.78, 5) is 25.4. The predicted octanol–water partition coefficient (Wildman–Crippen LogP) is 4.33. The summed E-state index contributed by atoms with van der Waals surface area (Å²) >= 11 is 8.66. The van der Waals surface area contributed by atoms with Crippen molar-refractivity contribution < 1.29 is 14.3 Å². The molecule has 1 amide bonds. The molecule has 0 saturated heterocycles. The first-order valence-corrected chi connectivity index (χ1v) is 10.8. The minimum atomic E-state index is -0.464. The second kappa shape index (κ2) is 8.98. The molecular weight excluding hydrogens is 432 g/mol.